The topological polar surface area (TPSA) is 3.24 Å². The third kappa shape index (κ3) is 3.36. The van der Waals surface area contributed by atoms with Crippen molar-refractivity contribution >= 4 is 12.6 Å². The van der Waals surface area contributed by atoms with Gasteiger partial charge in [-0.2, -0.15) is 12.6 Å². The first kappa shape index (κ1) is 10.4. The molecule has 1 rings (SSSR count). The van der Waals surface area contributed by atoms with Gasteiger partial charge in [0.2, 0.25) is 0 Å². The summed E-state index contributed by atoms with van der Waals surface area (Å²) in [6.07, 6.45) is 5.47. The van der Waals surface area contributed by atoms with Crippen molar-refractivity contribution in [1.82, 2.24) is 4.90 Å². The smallest absolute Gasteiger partial charge is 0.00921 e. The SMILES string of the molecule is CC(C1CC1)N(C)CCCCS. The number of unbranched alkanes of at least 4 members (excludes halogenated alkanes) is 1. The lowest BCUT2D eigenvalue weighted by molar-refractivity contribution is 0.231. The van der Waals surface area contributed by atoms with Crippen molar-refractivity contribution in [1.29, 1.82) is 0 Å². The summed E-state index contributed by atoms with van der Waals surface area (Å²) in [6.45, 7) is 3.61. The minimum atomic E-state index is 0.810. The molecule has 0 N–H and O–H groups in total. The Morgan fingerprint density at radius 2 is 2.08 bits per heavy atom. The van der Waals surface area contributed by atoms with E-state index in [0.717, 1.165) is 17.7 Å². The fraction of sp³-hybridized carbons (Fsp3) is 1.00. The minimum absolute atomic E-state index is 0.810. The summed E-state index contributed by atoms with van der Waals surface area (Å²) in [4.78, 5) is 2.50. The van der Waals surface area contributed by atoms with Gasteiger partial charge in [-0.15, -0.1) is 0 Å². The molecule has 0 radical (unpaired) electrons. The molecule has 0 aromatic carbocycles. The second-order valence-electron chi connectivity index (χ2n) is 3.99. The number of hydrogen-bond donors (Lipinski definition) is 1. The van der Waals surface area contributed by atoms with E-state index in [2.05, 4.69) is 31.5 Å². The minimum Gasteiger partial charge on any atom is -0.303 e. The third-order valence-corrected chi connectivity index (χ3v) is 3.23. The lowest BCUT2D eigenvalue weighted by Gasteiger charge is -2.24. The largest absolute Gasteiger partial charge is 0.303 e. The molecule has 0 aliphatic heterocycles. The van der Waals surface area contributed by atoms with Crippen LogP contribution in [0.25, 0.3) is 0 Å². The molecule has 1 nitrogen and oxygen atoms in total. The van der Waals surface area contributed by atoms with Crippen molar-refractivity contribution in [2.75, 3.05) is 19.3 Å². The third-order valence-electron chi connectivity index (χ3n) is 2.92. The van der Waals surface area contributed by atoms with Crippen LogP contribution in [0.1, 0.15) is 32.6 Å². The van der Waals surface area contributed by atoms with Gasteiger partial charge < -0.3 is 4.90 Å². The Morgan fingerprint density at radius 1 is 1.42 bits per heavy atom. The van der Waals surface area contributed by atoms with Gasteiger partial charge in [0.15, 0.2) is 0 Å². The Bertz CT molecular complexity index is 123. The molecule has 0 bridgehead atoms. The summed E-state index contributed by atoms with van der Waals surface area (Å²) in [7, 11) is 2.25. The van der Waals surface area contributed by atoms with Crippen LogP contribution < -0.4 is 0 Å². The highest BCUT2D eigenvalue weighted by molar-refractivity contribution is 7.80. The van der Waals surface area contributed by atoms with Crippen molar-refractivity contribution in [2.45, 2.75) is 38.6 Å². The van der Waals surface area contributed by atoms with Crippen LogP contribution in [-0.4, -0.2) is 30.3 Å². The predicted octanol–water partition coefficient (Wildman–Crippen LogP) is 2.43. The maximum Gasteiger partial charge on any atom is 0.00921 e. The summed E-state index contributed by atoms with van der Waals surface area (Å²) < 4.78 is 0. The van der Waals surface area contributed by atoms with Crippen LogP contribution in [0.15, 0.2) is 0 Å². The van der Waals surface area contributed by atoms with Gasteiger partial charge >= 0.3 is 0 Å². The number of nitrogens with zero attached hydrogens (tertiary/aromatic N) is 1. The summed E-state index contributed by atoms with van der Waals surface area (Å²) >= 11 is 4.21. The zero-order valence-electron chi connectivity index (χ0n) is 8.29. The molecule has 0 spiro atoms. The molecule has 0 aromatic heterocycles. The average Bonchev–Trinajstić information content (AvgIpc) is 2.86. The lowest BCUT2D eigenvalue weighted by atomic mass is 10.2. The fourth-order valence-electron chi connectivity index (χ4n) is 1.62. The Hall–Kier alpha value is 0.310. The van der Waals surface area contributed by atoms with Crippen LogP contribution >= 0.6 is 12.6 Å². The summed E-state index contributed by atoms with van der Waals surface area (Å²) in [5, 5.41) is 0. The average molecular weight is 187 g/mol. The Kier molecular flexibility index (Phi) is 4.44. The van der Waals surface area contributed by atoms with Crippen LogP contribution in [-0.2, 0) is 0 Å². The highest BCUT2D eigenvalue weighted by Gasteiger charge is 2.29. The van der Waals surface area contributed by atoms with E-state index in [4.69, 9.17) is 0 Å². The van der Waals surface area contributed by atoms with Gasteiger partial charge in [0.1, 0.15) is 0 Å². The normalized spacial score (nSPS) is 20.0. The Labute approximate surface area is 81.9 Å². The number of thiol groups is 1. The molecule has 1 aliphatic carbocycles. The first-order chi connectivity index (χ1) is 5.75. The molecular formula is C10H21NS. The van der Waals surface area contributed by atoms with E-state index in [1.165, 1.54) is 32.2 Å². The summed E-state index contributed by atoms with van der Waals surface area (Å²) in [5.74, 6) is 2.04. The standard InChI is InChI=1S/C10H21NS/c1-9(10-5-6-10)11(2)7-3-4-8-12/h9-10,12H,3-8H2,1-2H3. The molecular weight excluding hydrogens is 166 g/mol. The Morgan fingerprint density at radius 3 is 2.58 bits per heavy atom. The van der Waals surface area contributed by atoms with Gasteiger partial charge in [0.05, 0.1) is 0 Å². The number of rotatable bonds is 6. The molecule has 1 atom stereocenters. The Balaban J connectivity index is 2.04. The summed E-state index contributed by atoms with van der Waals surface area (Å²) in [6, 6.07) is 0.810. The van der Waals surface area contributed by atoms with E-state index in [0.29, 0.717) is 0 Å². The van der Waals surface area contributed by atoms with E-state index in [9.17, 15) is 0 Å². The van der Waals surface area contributed by atoms with Gasteiger partial charge in [0, 0.05) is 6.04 Å². The van der Waals surface area contributed by atoms with Crippen molar-refractivity contribution in [2.24, 2.45) is 5.92 Å². The van der Waals surface area contributed by atoms with Gasteiger partial charge in [-0.3, -0.25) is 0 Å². The van der Waals surface area contributed by atoms with Crippen molar-refractivity contribution in [3.63, 3.8) is 0 Å². The highest BCUT2D eigenvalue weighted by Crippen LogP contribution is 2.34. The molecule has 0 aromatic rings. The van der Waals surface area contributed by atoms with E-state index >= 15 is 0 Å². The maximum atomic E-state index is 4.21. The molecule has 2 heteroatoms. The molecule has 72 valence electrons. The fourth-order valence-corrected chi connectivity index (χ4v) is 1.84. The van der Waals surface area contributed by atoms with Gasteiger partial charge in [-0.1, -0.05) is 0 Å². The van der Waals surface area contributed by atoms with E-state index in [-0.39, 0.29) is 0 Å². The zero-order chi connectivity index (χ0) is 8.97. The quantitative estimate of drug-likeness (QED) is 0.494. The van der Waals surface area contributed by atoms with Crippen LogP contribution in [0, 0.1) is 5.92 Å². The second-order valence-corrected chi connectivity index (χ2v) is 4.44. The molecule has 1 unspecified atom stereocenters. The predicted molar refractivity (Wildman–Crippen MR) is 57.9 cm³/mol. The van der Waals surface area contributed by atoms with Crippen molar-refractivity contribution < 1.29 is 0 Å². The zero-order valence-corrected chi connectivity index (χ0v) is 9.19. The van der Waals surface area contributed by atoms with Crippen molar-refractivity contribution in [3.8, 4) is 0 Å². The van der Waals surface area contributed by atoms with Crippen molar-refractivity contribution in [3.05, 3.63) is 0 Å². The first-order valence-corrected chi connectivity index (χ1v) is 5.70. The van der Waals surface area contributed by atoms with Crippen LogP contribution in [0.5, 0.6) is 0 Å². The monoisotopic (exact) mass is 187 g/mol. The molecule has 1 aliphatic rings. The second kappa shape index (κ2) is 5.13. The molecule has 1 fully saturated rings. The van der Waals surface area contributed by atoms with E-state index in [1.807, 2.05) is 0 Å². The molecule has 12 heavy (non-hydrogen) atoms. The van der Waals surface area contributed by atoms with E-state index < -0.39 is 0 Å². The van der Waals surface area contributed by atoms with E-state index in [1.54, 1.807) is 0 Å². The van der Waals surface area contributed by atoms with Crippen LogP contribution in [0.3, 0.4) is 0 Å². The van der Waals surface area contributed by atoms with Gasteiger partial charge in [0.25, 0.3) is 0 Å². The van der Waals surface area contributed by atoms with Gasteiger partial charge in [-0.05, 0) is 57.9 Å². The molecule has 1 saturated carbocycles. The molecule has 0 amide bonds. The van der Waals surface area contributed by atoms with Gasteiger partial charge in [-0.25, -0.2) is 0 Å². The summed E-state index contributed by atoms with van der Waals surface area (Å²) in [5.41, 5.74) is 0. The maximum absolute atomic E-state index is 4.21. The van der Waals surface area contributed by atoms with Crippen LogP contribution in [0.2, 0.25) is 0 Å². The lowest BCUT2D eigenvalue weighted by Crippen LogP contribution is -2.31. The number of hydrogen-bond acceptors (Lipinski definition) is 2. The first-order valence-electron chi connectivity index (χ1n) is 5.07. The van der Waals surface area contributed by atoms with Crippen LogP contribution in [0.4, 0.5) is 0 Å². The molecule has 0 heterocycles. The molecule has 0 saturated heterocycles. The highest BCUT2D eigenvalue weighted by atomic mass is 32.1.